The van der Waals surface area contributed by atoms with E-state index in [0.717, 1.165) is 16.1 Å². The number of carbonyl (C=O) groups excluding carboxylic acids is 1. The van der Waals surface area contributed by atoms with Crippen LogP contribution in [0, 0.1) is 6.92 Å². The van der Waals surface area contributed by atoms with Gasteiger partial charge >= 0.3 is 5.97 Å². The number of methoxy groups -OCH3 is 1. The van der Waals surface area contributed by atoms with Gasteiger partial charge in [-0.15, -0.1) is 11.3 Å². The molecule has 1 aromatic heterocycles. The van der Waals surface area contributed by atoms with E-state index in [0.29, 0.717) is 0 Å². The Morgan fingerprint density at radius 3 is 2.67 bits per heavy atom. The fourth-order valence-corrected chi connectivity index (χ4v) is 2.47. The molecule has 2 aromatic rings. The predicted octanol–water partition coefficient (Wildman–Crippen LogP) is 3.38. The van der Waals surface area contributed by atoms with E-state index in [9.17, 15) is 4.79 Å². The number of ether oxygens (including phenoxy) is 1. The van der Waals surface area contributed by atoms with E-state index in [1.807, 2.05) is 48.7 Å². The van der Waals surface area contributed by atoms with Crippen LogP contribution in [-0.2, 0) is 9.53 Å². The predicted molar refractivity (Wildman–Crippen MR) is 73.9 cm³/mol. The molecule has 0 aliphatic rings. The first-order chi connectivity index (χ1) is 8.72. The molecular formula is C14H15NO2S. The highest BCUT2D eigenvalue weighted by Crippen LogP contribution is 2.26. The van der Waals surface area contributed by atoms with Gasteiger partial charge in [-0.05, 0) is 30.0 Å². The third kappa shape index (κ3) is 2.71. The molecule has 1 aromatic carbocycles. The van der Waals surface area contributed by atoms with Crippen LogP contribution in [0.5, 0.6) is 0 Å². The third-order valence-electron chi connectivity index (χ3n) is 2.71. The zero-order valence-corrected chi connectivity index (χ0v) is 11.2. The third-order valence-corrected chi connectivity index (χ3v) is 3.65. The van der Waals surface area contributed by atoms with Crippen molar-refractivity contribution in [3.63, 3.8) is 0 Å². The van der Waals surface area contributed by atoms with Gasteiger partial charge in [0.15, 0.2) is 6.04 Å². The van der Waals surface area contributed by atoms with Crippen LogP contribution in [0.25, 0.3) is 0 Å². The van der Waals surface area contributed by atoms with Crippen molar-refractivity contribution < 1.29 is 9.53 Å². The lowest BCUT2D eigenvalue weighted by atomic mass is 10.1. The van der Waals surface area contributed by atoms with Crippen LogP contribution in [0.4, 0.5) is 5.69 Å². The maximum absolute atomic E-state index is 11.8. The van der Waals surface area contributed by atoms with Gasteiger partial charge in [-0.1, -0.05) is 24.3 Å². The van der Waals surface area contributed by atoms with Crippen molar-refractivity contribution in [2.45, 2.75) is 13.0 Å². The molecule has 0 radical (unpaired) electrons. The molecule has 0 aliphatic heterocycles. The van der Waals surface area contributed by atoms with Gasteiger partial charge in [-0.25, -0.2) is 4.79 Å². The number of benzene rings is 1. The Kier molecular flexibility index (Phi) is 3.99. The number of aryl methyl sites for hydroxylation is 1. The number of rotatable bonds is 4. The fourth-order valence-electron chi connectivity index (χ4n) is 1.71. The standard InChI is InChI=1S/C14H15NO2S/c1-10-6-3-4-7-11(10)15-13(14(16)17-2)12-8-5-9-18-12/h3-9,13,15H,1-2H3. The van der Waals surface area contributed by atoms with Crippen molar-refractivity contribution in [2.24, 2.45) is 0 Å². The molecule has 18 heavy (non-hydrogen) atoms. The Hall–Kier alpha value is -1.81. The Morgan fingerprint density at radius 2 is 2.06 bits per heavy atom. The van der Waals surface area contributed by atoms with Crippen LogP contribution < -0.4 is 5.32 Å². The molecule has 1 heterocycles. The van der Waals surface area contributed by atoms with Crippen LogP contribution in [0.1, 0.15) is 16.5 Å². The number of carbonyl (C=O) groups is 1. The zero-order chi connectivity index (χ0) is 13.0. The maximum atomic E-state index is 11.8. The summed E-state index contributed by atoms with van der Waals surface area (Å²) in [6, 6.07) is 11.3. The molecule has 0 saturated heterocycles. The molecule has 0 fully saturated rings. The number of anilines is 1. The lowest BCUT2D eigenvalue weighted by molar-refractivity contribution is -0.141. The molecule has 0 amide bonds. The van der Waals surface area contributed by atoms with E-state index < -0.39 is 6.04 Å². The second-order valence-corrected chi connectivity index (χ2v) is 4.91. The first-order valence-corrected chi connectivity index (χ1v) is 6.53. The number of para-hydroxylation sites is 1. The minimum absolute atomic E-state index is 0.277. The molecule has 3 nitrogen and oxygen atoms in total. The fraction of sp³-hybridized carbons (Fsp3) is 0.214. The van der Waals surface area contributed by atoms with E-state index in [1.165, 1.54) is 18.4 Å². The van der Waals surface area contributed by atoms with Gasteiger partial charge in [0.25, 0.3) is 0 Å². The monoisotopic (exact) mass is 261 g/mol. The number of thiophene rings is 1. The highest BCUT2D eigenvalue weighted by atomic mass is 32.1. The van der Waals surface area contributed by atoms with Gasteiger partial charge in [0.05, 0.1) is 7.11 Å². The topological polar surface area (TPSA) is 38.3 Å². The second kappa shape index (κ2) is 5.69. The van der Waals surface area contributed by atoms with Crippen molar-refractivity contribution in [3.05, 3.63) is 52.2 Å². The molecule has 0 spiro atoms. The molecule has 2 rings (SSSR count). The molecule has 1 atom stereocenters. The summed E-state index contributed by atoms with van der Waals surface area (Å²) in [7, 11) is 1.41. The molecular weight excluding hydrogens is 246 g/mol. The summed E-state index contributed by atoms with van der Waals surface area (Å²) in [4.78, 5) is 12.8. The van der Waals surface area contributed by atoms with E-state index in [-0.39, 0.29) is 5.97 Å². The average Bonchev–Trinajstić information content (AvgIpc) is 2.90. The molecule has 94 valence electrons. The Bertz CT molecular complexity index is 522. The molecule has 1 N–H and O–H groups in total. The summed E-state index contributed by atoms with van der Waals surface area (Å²) < 4.78 is 4.85. The Balaban J connectivity index is 2.26. The van der Waals surface area contributed by atoms with E-state index in [4.69, 9.17) is 4.74 Å². The van der Waals surface area contributed by atoms with Crippen LogP contribution in [-0.4, -0.2) is 13.1 Å². The van der Waals surface area contributed by atoms with Crippen molar-refractivity contribution >= 4 is 23.0 Å². The summed E-state index contributed by atoms with van der Waals surface area (Å²) >= 11 is 1.54. The summed E-state index contributed by atoms with van der Waals surface area (Å²) in [5.74, 6) is -0.277. The van der Waals surface area contributed by atoms with E-state index >= 15 is 0 Å². The summed E-state index contributed by atoms with van der Waals surface area (Å²) in [5.41, 5.74) is 2.05. The van der Waals surface area contributed by atoms with Crippen LogP contribution in [0.3, 0.4) is 0 Å². The Morgan fingerprint density at radius 1 is 1.28 bits per heavy atom. The van der Waals surface area contributed by atoms with E-state index in [1.54, 1.807) is 0 Å². The van der Waals surface area contributed by atoms with Gasteiger partial charge < -0.3 is 10.1 Å². The van der Waals surface area contributed by atoms with Crippen molar-refractivity contribution in [1.29, 1.82) is 0 Å². The number of hydrogen-bond acceptors (Lipinski definition) is 4. The summed E-state index contributed by atoms with van der Waals surface area (Å²) in [6.07, 6.45) is 0. The lowest BCUT2D eigenvalue weighted by Gasteiger charge is -2.17. The SMILES string of the molecule is COC(=O)C(Nc1ccccc1C)c1cccs1. The summed E-state index contributed by atoms with van der Waals surface area (Å²) in [6.45, 7) is 2.01. The highest BCUT2D eigenvalue weighted by molar-refractivity contribution is 7.10. The van der Waals surface area contributed by atoms with Crippen molar-refractivity contribution in [3.8, 4) is 0 Å². The van der Waals surface area contributed by atoms with Gasteiger partial charge in [0.2, 0.25) is 0 Å². The van der Waals surface area contributed by atoms with Crippen LogP contribution in [0.15, 0.2) is 41.8 Å². The van der Waals surface area contributed by atoms with Crippen molar-refractivity contribution in [2.75, 3.05) is 12.4 Å². The van der Waals surface area contributed by atoms with Gasteiger partial charge in [0, 0.05) is 10.6 Å². The first kappa shape index (κ1) is 12.6. The highest BCUT2D eigenvalue weighted by Gasteiger charge is 2.22. The summed E-state index contributed by atoms with van der Waals surface area (Å²) in [5, 5.41) is 5.19. The lowest BCUT2D eigenvalue weighted by Crippen LogP contribution is -2.21. The van der Waals surface area contributed by atoms with Gasteiger partial charge in [-0.2, -0.15) is 0 Å². The molecule has 0 saturated carbocycles. The number of nitrogens with one attached hydrogen (secondary N) is 1. The quantitative estimate of drug-likeness (QED) is 0.857. The molecule has 1 unspecified atom stereocenters. The minimum Gasteiger partial charge on any atom is -0.467 e. The van der Waals surface area contributed by atoms with Crippen molar-refractivity contribution in [1.82, 2.24) is 0 Å². The minimum atomic E-state index is -0.448. The molecule has 4 heteroatoms. The molecule has 0 bridgehead atoms. The Labute approximate surface area is 110 Å². The normalized spacial score (nSPS) is 11.9. The van der Waals surface area contributed by atoms with Crippen LogP contribution in [0.2, 0.25) is 0 Å². The van der Waals surface area contributed by atoms with E-state index in [2.05, 4.69) is 5.32 Å². The van der Waals surface area contributed by atoms with Gasteiger partial charge in [0.1, 0.15) is 0 Å². The molecule has 0 aliphatic carbocycles. The first-order valence-electron chi connectivity index (χ1n) is 5.66. The second-order valence-electron chi connectivity index (χ2n) is 3.93. The average molecular weight is 261 g/mol. The van der Waals surface area contributed by atoms with Gasteiger partial charge in [-0.3, -0.25) is 0 Å². The zero-order valence-electron chi connectivity index (χ0n) is 10.3. The van der Waals surface area contributed by atoms with Crippen LogP contribution >= 0.6 is 11.3 Å². The number of esters is 1. The number of hydrogen-bond donors (Lipinski definition) is 1. The maximum Gasteiger partial charge on any atom is 0.333 e. The smallest absolute Gasteiger partial charge is 0.333 e. The largest absolute Gasteiger partial charge is 0.467 e.